The van der Waals surface area contributed by atoms with E-state index in [4.69, 9.17) is 9.84 Å². The molecular formula is C21H24N2O4. The molecule has 0 fully saturated rings. The Balaban J connectivity index is 2.05. The van der Waals surface area contributed by atoms with E-state index in [0.29, 0.717) is 17.0 Å². The average Bonchev–Trinajstić information content (AvgIpc) is 2.63. The van der Waals surface area contributed by atoms with E-state index >= 15 is 0 Å². The van der Waals surface area contributed by atoms with E-state index in [1.165, 1.54) is 0 Å². The maximum absolute atomic E-state index is 12.3. The Morgan fingerprint density at radius 1 is 1.07 bits per heavy atom. The molecule has 142 valence electrons. The summed E-state index contributed by atoms with van der Waals surface area (Å²) in [5.74, 6) is -0.919. The summed E-state index contributed by atoms with van der Waals surface area (Å²) in [5, 5.41) is 12.8. The van der Waals surface area contributed by atoms with Gasteiger partial charge in [-0.15, -0.1) is 0 Å². The molecule has 0 aliphatic rings. The van der Waals surface area contributed by atoms with Crippen LogP contribution in [0.4, 0.5) is 0 Å². The van der Waals surface area contributed by atoms with Crippen LogP contribution >= 0.6 is 0 Å². The molecule has 0 atom stereocenters. The first-order chi connectivity index (χ1) is 12.7. The normalized spacial score (nSPS) is 11.8. The number of amides is 1. The first-order valence-corrected chi connectivity index (χ1v) is 8.57. The summed E-state index contributed by atoms with van der Waals surface area (Å²) in [6.07, 6.45) is 0. The lowest BCUT2D eigenvalue weighted by molar-refractivity contribution is -0.139. The molecule has 2 N–H and O–H groups in total. The molecular weight excluding hydrogens is 344 g/mol. The molecule has 0 radical (unpaired) electrons. The molecule has 2 aromatic rings. The van der Waals surface area contributed by atoms with Crippen LogP contribution in [0, 0.1) is 0 Å². The molecule has 0 saturated carbocycles. The molecule has 0 bridgehead atoms. The van der Waals surface area contributed by atoms with Gasteiger partial charge in [0.05, 0.1) is 5.71 Å². The summed E-state index contributed by atoms with van der Waals surface area (Å²) >= 11 is 0. The van der Waals surface area contributed by atoms with Crippen molar-refractivity contribution in [1.82, 2.24) is 5.43 Å². The molecule has 2 aromatic carbocycles. The molecule has 0 unspecified atom stereocenters. The second-order valence-electron chi connectivity index (χ2n) is 7.18. The lowest BCUT2D eigenvalue weighted by Gasteiger charge is -2.18. The van der Waals surface area contributed by atoms with Crippen molar-refractivity contribution in [3.63, 3.8) is 0 Å². The van der Waals surface area contributed by atoms with E-state index in [0.717, 1.165) is 11.1 Å². The molecule has 6 heteroatoms. The minimum atomic E-state index is -1.05. The van der Waals surface area contributed by atoms with Crippen molar-refractivity contribution >= 4 is 17.6 Å². The summed E-state index contributed by atoms with van der Waals surface area (Å²) in [7, 11) is 0. The quantitative estimate of drug-likeness (QED) is 0.602. The van der Waals surface area contributed by atoms with Gasteiger partial charge in [-0.05, 0) is 42.2 Å². The maximum atomic E-state index is 12.3. The number of hydrogen-bond donors (Lipinski definition) is 2. The lowest BCUT2D eigenvalue weighted by atomic mass is 9.87. The number of hydrazone groups is 1. The third-order valence-corrected chi connectivity index (χ3v) is 3.95. The van der Waals surface area contributed by atoms with Crippen molar-refractivity contribution in [3.8, 4) is 5.75 Å². The number of aliphatic carboxylic acids is 1. The molecule has 0 spiro atoms. The molecule has 0 aliphatic heterocycles. The summed E-state index contributed by atoms with van der Waals surface area (Å²) < 4.78 is 5.15. The Hall–Kier alpha value is -3.15. The number of carboxylic acids is 1. The Morgan fingerprint density at radius 3 is 2.33 bits per heavy atom. The fourth-order valence-electron chi connectivity index (χ4n) is 2.34. The van der Waals surface area contributed by atoms with E-state index in [2.05, 4.69) is 31.3 Å². The van der Waals surface area contributed by atoms with Gasteiger partial charge in [0.2, 0.25) is 0 Å². The van der Waals surface area contributed by atoms with Gasteiger partial charge in [-0.3, -0.25) is 4.79 Å². The molecule has 1 amide bonds. The largest absolute Gasteiger partial charge is 0.482 e. The zero-order valence-electron chi connectivity index (χ0n) is 15.9. The Morgan fingerprint density at radius 2 is 1.74 bits per heavy atom. The van der Waals surface area contributed by atoms with Gasteiger partial charge in [0, 0.05) is 11.1 Å². The topological polar surface area (TPSA) is 88.0 Å². The second-order valence-corrected chi connectivity index (χ2v) is 7.18. The highest BCUT2D eigenvalue weighted by Crippen LogP contribution is 2.22. The summed E-state index contributed by atoms with van der Waals surface area (Å²) in [6, 6.07) is 14.3. The van der Waals surface area contributed by atoms with Crippen molar-refractivity contribution in [3.05, 3.63) is 65.2 Å². The number of nitrogens with one attached hydrogen (secondary N) is 1. The van der Waals surface area contributed by atoms with Gasteiger partial charge in [0.15, 0.2) is 6.61 Å². The first kappa shape index (κ1) is 20.2. The van der Waals surface area contributed by atoms with E-state index in [1.54, 1.807) is 43.3 Å². The average molecular weight is 368 g/mol. The smallest absolute Gasteiger partial charge is 0.341 e. The number of nitrogens with zero attached hydrogens (tertiary/aromatic N) is 1. The molecule has 0 saturated heterocycles. The monoisotopic (exact) mass is 368 g/mol. The predicted molar refractivity (Wildman–Crippen MR) is 104 cm³/mol. The van der Waals surface area contributed by atoms with Crippen molar-refractivity contribution < 1.29 is 19.4 Å². The van der Waals surface area contributed by atoms with Gasteiger partial charge in [0.1, 0.15) is 5.75 Å². The van der Waals surface area contributed by atoms with Crippen LogP contribution in [0.25, 0.3) is 0 Å². The third-order valence-electron chi connectivity index (χ3n) is 3.95. The number of carbonyl (C=O) groups excluding carboxylic acids is 1. The number of ether oxygens (including phenoxy) is 1. The highest BCUT2D eigenvalue weighted by molar-refractivity contribution is 6.01. The molecule has 27 heavy (non-hydrogen) atoms. The van der Waals surface area contributed by atoms with E-state index in [9.17, 15) is 9.59 Å². The fraction of sp³-hybridized carbons (Fsp3) is 0.286. The number of carbonyl (C=O) groups is 2. The summed E-state index contributed by atoms with van der Waals surface area (Å²) in [6.45, 7) is 7.68. The van der Waals surface area contributed by atoms with Crippen molar-refractivity contribution in [2.45, 2.75) is 33.1 Å². The van der Waals surface area contributed by atoms with Gasteiger partial charge < -0.3 is 9.84 Å². The minimum absolute atomic E-state index is 0.0253. The maximum Gasteiger partial charge on any atom is 0.341 e. The van der Waals surface area contributed by atoms with Crippen LogP contribution in [-0.2, 0) is 10.2 Å². The van der Waals surface area contributed by atoms with Crippen LogP contribution in [0.3, 0.4) is 0 Å². The second kappa shape index (κ2) is 8.49. The summed E-state index contributed by atoms with van der Waals surface area (Å²) in [5.41, 5.74) is 5.54. The molecule has 0 heterocycles. The lowest BCUT2D eigenvalue weighted by Crippen LogP contribution is -2.20. The van der Waals surface area contributed by atoms with Crippen LogP contribution in [0.1, 0.15) is 49.2 Å². The van der Waals surface area contributed by atoms with Gasteiger partial charge >= 0.3 is 5.97 Å². The van der Waals surface area contributed by atoms with Crippen LogP contribution < -0.4 is 10.2 Å². The number of carboxylic acid groups (broad SMARTS) is 1. The molecule has 6 nitrogen and oxygen atoms in total. The molecule has 0 aliphatic carbocycles. The number of rotatable bonds is 6. The Bertz CT molecular complexity index is 849. The van der Waals surface area contributed by atoms with Crippen LogP contribution in [0.5, 0.6) is 5.75 Å². The van der Waals surface area contributed by atoms with Crippen LogP contribution in [0.2, 0.25) is 0 Å². The Kier molecular flexibility index (Phi) is 6.34. The standard InChI is InChI=1S/C21H24N2O4/c1-14(16-6-5-7-18(12-16)27-13-19(24)25)22-23-20(26)15-8-10-17(11-9-15)21(2,3)4/h5-12H,13H2,1-4H3,(H,23,26)(H,24,25)/b22-14-. The highest BCUT2D eigenvalue weighted by Gasteiger charge is 2.14. The highest BCUT2D eigenvalue weighted by atomic mass is 16.5. The first-order valence-electron chi connectivity index (χ1n) is 8.57. The van der Waals surface area contributed by atoms with Gasteiger partial charge in [-0.2, -0.15) is 5.10 Å². The van der Waals surface area contributed by atoms with Gasteiger partial charge in [0.25, 0.3) is 5.91 Å². The van der Waals surface area contributed by atoms with E-state index in [-0.39, 0.29) is 11.3 Å². The molecule has 0 aromatic heterocycles. The number of hydrogen-bond acceptors (Lipinski definition) is 4. The number of benzene rings is 2. The van der Waals surface area contributed by atoms with Crippen molar-refractivity contribution in [2.75, 3.05) is 6.61 Å². The third kappa shape index (κ3) is 5.95. The summed E-state index contributed by atoms with van der Waals surface area (Å²) in [4.78, 5) is 22.9. The predicted octanol–water partition coefficient (Wildman–Crippen LogP) is 3.60. The molecule has 2 rings (SSSR count). The van der Waals surface area contributed by atoms with E-state index in [1.807, 2.05) is 12.1 Å². The van der Waals surface area contributed by atoms with E-state index < -0.39 is 12.6 Å². The Labute approximate surface area is 158 Å². The van der Waals surface area contributed by atoms with Gasteiger partial charge in [-0.25, -0.2) is 10.2 Å². The van der Waals surface area contributed by atoms with Crippen LogP contribution in [0.15, 0.2) is 53.6 Å². The fourth-order valence-corrected chi connectivity index (χ4v) is 2.34. The van der Waals surface area contributed by atoms with Crippen LogP contribution in [-0.4, -0.2) is 29.3 Å². The van der Waals surface area contributed by atoms with Crippen molar-refractivity contribution in [1.29, 1.82) is 0 Å². The SMILES string of the molecule is C/C(=N/NC(=O)c1ccc(C(C)(C)C)cc1)c1cccc(OCC(=O)O)c1. The van der Waals surface area contributed by atoms with Crippen molar-refractivity contribution in [2.24, 2.45) is 5.10 Å². The minimum Gasteiger partial charge on any atom is -0.482 e. The zero-order chi connectivity index (χ0) is 20.0. The van der Waals surface area contributed by atoms with Gasteiger partial charge in [-0.1, -0.05) is 45.0 Å². The zero-order valence-corrected chi connectivity index (χ0v) is 15.9.